The van der Waals surface area contributed by atoms with Crippen LogP contribution in [0.25, 0.3) is 11.1 Å². The zero-order valence-electron chi connectivity index (χ0n) is 9.89. The molecular weight excluding hydrogens is 234 g/mol. The Morgan fingerprint density at radius 2 is 2.18 bits per heavy atom. The van der Waals surface area contributed by atoms with Crippen LogP contribution in [0, 0.1) is 0 Å². The van der Waals surface area contributed by atoms with Crippen molar-refractivity contribution in [2.24, 2.45) is 5.73 Å². The van der Waals surface area contributed by atoms with Crippen molar-refractivity contribution in [2.45, 2.75) is 25.8 Å². The molecule has 0 radical (unpaired) electrons. The molecule has 0 saturated heterocycles. The van der Waals surface area contributed by atoms with Crippen LogP contribution in [-0.2, 0) is 6.42 Å². The van der Waals surface area contributed by atoms with E-state index in [1.165, 1.54) is 11.1 Å². The fourth-order valence-corrected chi connectivity index (χ4v) is 1.73. The summed E-state index contributed by atoms with van der Waals surface area (Å²) in [5, 5.41) is 6.78. The minimum Gasteiger partial charge on any atom is -0.327 e. The Bertz CT molecular complexity index is 440. The van der Waals surface area contributed by atoms with Gasteiger partial charge in [-0.3, -0.25) is 5.10 Å². The summed E-state index contributed by atoms with van der Waals surface area (Å²) in [5.41, 5.74) is 9.55. The second-order valence-corrected chi connectivity index (χ2v) is 4.06. The molecule has 0 aliphatic heterocycles. The van der Waals surface area contributed by atoms with Crippen LogP contribution in [-0.4, -0.2) is 16.2 Å². The number of H-pyrrole nitrogens is 1. The molecule has 0 fully saturated rings. The van der Waals surface area contributed by atoms with Crippen LogP contribution in [0.1, 0.15) is 18.9 Å². The van der Waals surface area contributed by atoms with Crippen molar-refractivity contribution in [3.05, 3.63) is 42.2 Å². The van der Waals surface area contributed by atoms with Crippen molar-refractivity contribution in [3.8, 4) is 11.1 Å². The molecule has 1 heterocycles. The molecule has 4 heteroatoms. The van der Waals surface area contributed by atoms with E-state index in [1.807, 2.05) is 12.4 Å². The van der Waals surface area contributed by atoms with Gasteiger partial charge in [-0.25, -0.2) is 0 Å². The van der Waals surface area contributed by atoms with Gasteiger partial charge in [0, 0.05) is 17.8 Å². The first-order valence-corrected chi connectivity index (χ1v) is 5.63. The van der Waals surface area contributed by atoms with E-state index < -0.39 is 0 Å². The van der Waals surface area contributed by atoms with E-state index in [2.05, 4.69) is 41.4 Å². The Morgan fingerprint density at radius 1 is 1.35 bits per heavy atom. The number of halogens is 1. The first-order valence-electron chi connectivity index (χ1n) is 5.63. The minimum atomic E-state index is 0. The molecule has 0 bridgehead atoms. The fourth-order valence-electron chi connectivity index (χ4n) is 1.73. The average Bonchev–Trinajstić information content (AvgIpc) is 2.83. The summed E-state index contributed by atoms with van der Waals surface area (Å²) in [6.07, 6.45) is 5.68. The van der Waals surface area contributed by atoms with Crippen molar-refractivity contribution in [3.63, 3.8) is 0 Å². The predicted octanol–water partition coefficient (Wildman–Crippen LogP) is 2.78. The molecule has 1 aromatic carbocycles. The number of aromatic amines is 1. The van der Waals surface area contributed by atoms with Crippen molar-refractivity contribution in [2.75, 3.05) is 0 Å². The molecule has 3 N–H and O–H groups in total. The molecule has 1 atom stereocenters. The van der Waals surface area contributed by atoms with Gasteiger partial charge in [-0.1, -0.05) is 31.2 Å². The molecule has 92 valence electrons. The molecule has 1 aromatic heterocycles. The number of hydrogen-bond acceptors (Lipinski definition) is 2. The number of benzene rings is 1. The second kappa shape index (κ2) is 6.42. The van der Waals surface area contributed by atoms with E-state index in [1.54, 1.807) is 0 Å². The normalized spacial score (nSPS) is 11.9. The van der Waals surface area contributed by atoms with E-state index in [4.69, 9.17) is 5.73 Å². The van der Waals surface area contributed by atoms with Gasteiger partial charge in [0.1, 0.15) is 0 Å². The fraction of sp³-hybridized carbons (Fsp3) is 0.308. The molecule has 2 aromatic rings. The number of nitrogens with zero attached hydrogens (tertiary/aromatic N) is 1. The lowest BCUT2D eigenvalue weighted by Crippen LogP contribution is -2.21. The summed E-state index contributed by atoms with van der Waals surface area (Å²) in [5.74, 6) is 0. The highest BCUT2D eigenvalue weighted by atomic mass is 35.5. The summed E-state index contributed by atoms with van der Waals surface area (Å²) < 4.78 is 0. The van der Waals surface area contributed by atoms with Crippen molar-refractivity contribution < 1.29 is 0 Å². The predicted molar refractivity (Wildman–Crippen MR) is 73.2 cm³/mol. The van der Waals surface area contributed by atoms with E-state index in [9.17, 15) is 0 Å². The van der Waals surface area contributed by atoms with Crippen molar-refractivity contribution in [1.82, 2.24) is 10.2 Å². The zero-order chi connectivity index (χ0) is 11.4. The van der Waals surface area contributed by atoms with Gasteiger partial charge in [-0.2, -0.15) is 5.10 Å². The van der Waals surface area contributed by atoms with Gasteiger partial charge in [-0.15, -0.1) is 12.4 Å². The quantitative estimate of drug-likeness (QED) is 0.878. The van der Waals surface area contributed by atoms with E-state index in [-0.39, 0.29) is 18.4 Å². The Balaban J connectivity index is 0.00000144. The van der Waals surface area contributed by atoms with Gasteiger partial charge in [0.25, 0.3) is 0 Å². The molecule has 1 unspecified atom stereocenters. The molecular formula is C13H18ClN3. The number of nitrogens with two attached hydrogens (primary N) is 1. The highest BCUT2D eigenvalue weighted by molar-refractivity contribution is 5.85. The first-order chi connectivity index (χ1) is 7.79. The summed E-state index contributed by atoms with van der Waals surface area (Å²) in [6.45, 7) is 2.12. The summed E-state index contributed by atoms with van der Waals surface area (Å²) >= 11 is 0. The Kier molecular flexibility index (Phi) is 5.19. The maximum atomic E-state index is 5.96. The zero-order valence-corrected chi connectivity index (χ0v) is 10.7. The van der Waals surface area contributed by atoms with Gasteiger partial charge in [-0.05, 0) is 24.0 Å². The first kappa shape index (κ1) is 13.7. The van der Waals surface area contributed by atoms with Gasteiger partial charge in [0.2, 0.25) is 0 Å². The third-order valence-corrected chi connectivity index (χ3v) is 2.78. The van der Waals surface area contributed by atoms with Crippen molar-refractivity contribution >= 4 is 12.4 Å². The van der Waals surface area contributed by atoms with Gasteiger partial charge >= 0.3 is 0 Å². The van der Waals surface area contributed by atoms with Crippen LogP contribution < -0.4 is 5.73 Å². The van der Waals surface area contributed by atoms with Crippen LogP contribution in [0.3, 0.4) is 0 Å². The Hall–Kier alpha value is -1.32. The Labute approximate surface area is 108 Å². The number of hydrogen-bond donors (Lipinski definition) is 2. The summed E-state index contributed by atoms with van der Waals surface area (Å²) in [6, 6.07) is 8.71. The molecule has 2 rings (SSSR count). The van der Waals surface area contributed by atoms with Gasteiger partial charge < -0.3 is 5.73 Å². The van der Waals surface area contributed by atoms with Crippen LogP contribution in [0.2, 0.25) is 0 Å². The van der Waals surface area contributed by atoms with E-state index in [0.29, 0.717) is 0 Å². The second-order valence-electron chi connectivity index (χ2n) is 4.06. The van der Waals surface area contributed by atoms with Gasteiger partial charge in [0.15, 0.2) is 0 Å². The van der Waals surface area contributed by atoms with E-state index in [0.717, 1.165) is 18.4 Å². The van der Waals surface area contributed by atoms with Crippen LogP contribution >= 0.6 is 12.4 Å². The summed E-state index contributed by atoms with van der Waals surface area (Å²) in [4.78, 5) is 0. The molecule has 0 aliphatic carbocycles. The standard InChI is InChI=1S/C13H17N3.ClH/c1-2-13(14)7-10-4-3-5-11(6-10)12-8-15-16-9-12;/h3-6,8-9,13H,2,7,14H2,1H3,(H,15,16);1H. The lowest BCUT2D eigenvalue weighted by atomic mass is 10.0. The number of aromatic nitrogens is 2. The molecule has 0 spiro atoms. The third kappa shape index (κ3) is 3.58. The largest absolute Gasteiger partial charge is 0.327 e. The minimum absolute atomic E-state index is 0. The molecule has 0 saturated carbocycles. The number of nitrogens with one attached hydrogen (secondary N) is 1. The van der Waals surface area contributed by atoms with Crippen LogP contribution in [0.4, 0.5) is 0 Å². The Morgan fingerprint density at radius 3 is 2.82 bits per heavy atom. The van der Waals surface area contributed by atoms with E-state index >= 15 is 0 Å². The lowest BCUT2D eigenvalue weighted by molar-refractivity contribution is 0.646. The summed E-state index contributed by atoms with van der Waals surface area (Å²) in [7, 11) is 0. The third-order valence-electron chi connectivity index (χ3n) is 2.78. The number of rotatable bonds is 4. The van der Waals surface area contributed by atoms with Gasteiger partial charge in [0.05, 0.1) is 6.20 Å². The van der Waals surface area contributed by atoms with Crippen LogP contribution in [0.15, 0.2) is 36.7 Å². The lowest BCUT2D eigenvalue weighted by Gasteiger charge is -2.09. The monoisotopic (exact) mass is 251 g/mol. The highest BCUT2D eigenvalue weighted by Gasteiger charge is 2.03. The van der Waals surface area contributed by atoms with Crippen LogP contribution in [0.5, 0.6) is 0 Å². The maximum absolute atomic E-state index is 5.96. The molecule has 0 aliphatic rings. The molecule has 0 amide bonds. The molecule has 3 nitrogen and oxygen atoms in total. The smallest absolute Gasteiger partial charge is 0.0565 e. The topological polar surface area (TPSA) is 54.7 Å². The average molecular weight is 252 g/mol. The maximum Gasteiger partial charge on any atom is 0.0565 e. The SMILES string of the molecule is CCC(N)Cc1cccc(-c2cn[nH]c2)c1.Cl. The van der Waals surface area contributed by atoms with Crippen molar-refractivity contribution in [1.29, 1.82) is 0 Å². The molecule has 17 heavy (non-hydrogen) atoms. The highest BCUT2D eigenvalue weighted by Crippen LogP contribution is 2.19.